The number of benzene rings is 2. The van der Waals surface area contributed by atoms with E-state index in [-0.39, 0.29) is 35.2 Å². The van der Waals surface area contributed by atoms with Gasteiger partial charge in [0.25, 0.3) is 0 Å². The SMILES string of the molecule is CC1(C)CC2=C[C@H](c3ccccc3)[C@H](C(=O)Nc3ccccc3)[C@@H]3C(=O)O[C@H](C1)[C@H]23. The summed E-state index contributed by atoms with van der Waals surface area (Å²) in [6.45, 7) is 4.47. The first-order valence-corrected chi connectivity index (χ1v) is 10.7. The second kappa shape index (κ2) is 7.12. The van der Waals surface area contributed by atoms with E-state index in [1.54, 1.807) is 0 Å². The molecule has 5 rings (SSSR count). The minimum absolute atomic E-state index is 0.0111. The largest absolute Gasteiger partial charge is 0.461 e. The third-order valence-corrected chi connectivity index (χ3v) is 6.89. The van der Waals surface area contributed by atoms with Crippen LogP contribution in [0.2, 0.25) is 0 Å². The van der Waals surface area contributed by atoms with E-state index in [0.29, 0.717) is 0 Å². The molecular weight excluding hydrogens is 374 g/mol. The van der Waals surface area contributed by atoms with Crippen LogP contribution >= 0.6 is 0 Å². The summed E-state index contributed by atoms with van der Waals surface area (Å²) in [5, 5.41) is 3.05. The van der Waals surface area contributed by atoms with E-state index in [2.05, 4.69) is 37.4 Å². The second-order valence-corrected chi connectivity index (χ2v) is 9.63. The number of esters is 1. The molecule has 0 unspecified atom stereocenters. The number of anilines is 1. The Labute approximate surface area is 177 Å². The van der Waals surface area contributed by atoms with E-state index in [9.17, 15) is 9.59 Å². The summed E-state index contributed by atoms with van der Waals surface area (Å²) in [4.78, 5) is 26.6. The normalized spacial score (nSPS) is 31.3. The van der Waals surface area contributed by atoms with E-state index >= 15 is 0 Å². The molecule has 0 aromatic heterocycles. The lowest BCUT2D eigenvalue weighted by Gasteiger charge is -2.44. The highest BCUT2D eigenvalue weighted by molar-refractivity contribution is 5.97. The summed E-state index contributed by atoms with van der Waals surface area (Å²) < 4.78 is 5.87. The van der Waals surface area contributed by atoms with E-state index < -0.39 is 11.8 Å². The zero-order valence-corrected chi connectivity index (χ0v) is 17.4. The molecule has 1 heterocycles. The Morgan fingerprint density at radius 3 is 2.37 bits per heavy atom. The van der Waals surface area contributed by atoms with Crippen molar-refractivity contribution in [1.82, 2.24) is 0 Å². The van der Waals surface area contributed by atoms with Crippen LogP contribution in [0.5, 0.6) is 0 Å². The summed E-state index contributed by atoms with van der Waals surface area (Å²) in [7, 11) is 0. The standard InChI is InChI=1S/C26H27NO3/c1-26(2)14-17-13-19(16-9-5-3-6-10-16)22(23-21(17)20(15-26)30-25(23)29)24(28)27-18-11-7-4-8-12-18/h3-13,19-23H,14-15H2,1-2H3,(H,27,28)/t19-,20-,21+,22+,23-/m1/s1. The van der Waals surface area contributed by atoms with Crippen LogP contribution in [0.4, 0.5) is 5.69 Å². The molecule has 1 N–H and O–H groups in total. The van der Waals surface area contributed by atoms with Gasteiger partial charge in [0.05, 0.1) is 11.8 Å². The minimum Gasteiger partial charge on any atom is -0.461 e. The number of rotatable bonds is 3. The lowest BCUT2D eigenvalue weighted by atomic mass is 9.58. The van der Waals surface area contributed by atoms with Gasteiger partial charge in [-0.25, -0.2) is 0 Å². The number of hydrogen-bond donors (Lipinski definition) is 1. The Bertz CT molecular complexity index is 995. The molecule has 4 nitrogen and oxygen atoms in total. The molecule has 0 bridgehead atoms. The molecule has 5 atom stereocenters. The maximum Gasteiger partial charge on any atom is 0.310 e. The fraction of sp³-hybridized carbons (Fsp3) is 0.385. The maximum absolute atomic E-state index is 13.5. The van der Waals surface area contributed by atoms with Gasteiger partial charge in [0.1, 0.15) is 6.10 Å². The van der Waals surface area contributed by atoms with E-state index in [4.69, 9.17) is 4.74 Å². The Balaban J connectivity index is 1.59. The van der Waals surface area contributed by atoms with Crippen LogP contribution in [-0.2, 0) is 14.3 Å². The zero-order valence-electron chi connectivity index (χ0n) is 17.4. The molecule has 0 spiro atoms. The van der Waals surface area contributed by atoms with Gasteiger partial charge in [0.2, 0.25) is 5.91 Å². The number of para-hydroxylation sites is 1. The number of ether oxygens (including phenoxy) is 1. The third kappa shape index (κ3) is 3.24. The Morgan fingerprint density at radius 2 is 1.67 bits per heavy atom. The van der Waals surface area contributed by atoms with Gasteiger partial charge in [-0.15, -0.1) is 0 Å². The molecule has 3 aliphatic rings. The first-order valence-electron chi connectivity index (χ1n) is 10.7. The van der Waals surface area contributed by atoms with Crippen molar-refractivity contribution in [2.75, 3.05) is 5.32 Å². The molecule has 1 amide bonds. The number of amides is 1. The van der Waals surface area contributed by atoms with Crippen LogP contribution in [0.1, 0.15) is 38.2 Å². The van der Waals surface area contributed by atoms with Crippen molar-refractivity contribution in [3.63, 3.8) is 0 Å². The fourth-order valence-electron chi connectivity index (χ4n) is 5.75. The molecule has 30 heavy (non-hydrogen) atoms. The van der Waals surface area contributed by atoms with Gasteiger partial charge in [-0.05, 0) is 36.0 Å². The van der Waals surface area contributed by atoms with Gasteiger partial charge in [-0.3, -0.25) is 9.59 Å². The minimum atomic E-state index is -0.486. The van der Waals surface area contributed by atoms with Crippen molar-refractivity contribution in [3.8, 4) is 0 Å². The molecule has 4 heteroatoms. The lowest BCUT2D eigenvalue weighted by Crippen LogP contribution is -2.45. The van der Waals surface area contributed by atoms with Gasteiger partial charge in [-0.2, -0.15) is 0 Å². The van der Waals surface area contributed by atoms with Crippen LogP contribution in [0.15, 0.2) is 72.3 Å². The van der Waals surface area contributed by atoms with Crippen molar-refractivity contribution >= 4 is 17.6 Å². The van der Waals surface area contributed by atoms with Crippen molar-refractivity contribution in [2.45, 2.75) is 38.7 Å². The lowest BCUT2D eigenvalue weighted by molar-refractivity contribution is -0.148. The third-order valence-electron chi connectivity index (χ3n) is 6.89. The number of carbonyl (C=O) groups is 2. The Morgan fingerprint density at radius 1 is 1.00 bits per heavy atom. The Kier molecular flexibility index (Phi) is 4.53. The highest BCUT2D eigenvalue weighted by Crippen LogP contribution is 2.56. The first kappa shape index (κ1) is 19.1. The highest BCUT2D eigenvalue weighted by Gasteiger charge is 2.59. The fourth-order valence-corrected chi connectivity index (χ4v) is 5.75. The number of allylic oxidation sites excluding steroid dienone is 1. The van der Waals surface area contributed by atoms with Crippen LogP contribution in [0, 0.1) is 23.2 Å². The van der Waals surface area contributed by atoms with E-state index in [0.717, 1.165) is 24.1 Å². The van der Waals surface area contributed by atoms with E-state index in [1.165, 1.54) is 5.57 Å². The molecule has 2 aliphatic carbocycles. The molecule has 2 fully saturated rings. The van der Waals surface area contributed by atoms with Crippen LogP contribution in [0.3, 0.4) is 0 Å². The van der Waals surface area contributed by atoms with Gasteiger partial charge >= 0.3 is 5.97 Å². The van der Waals surface area contributed by atoms with Crippen molar-refractivity contribution in [1.29, 1.82) is 0 Å². The molecule has 154 valence electrons. The van der Waals surface area contributed by atoms with Crippen LogP contribution in [0.25, 0.3) is 0 Å². The second-order valence-electron chi connectivity index (χ2n) is 9.63. The molecule has 0 radical (unpaired) electrons. The van der Waals surface area contributed by atoms with Crippen LogP contribution < -0.4 is 5.32 Å². The van der Waals surface area contributed by atoms with Crippen molar-refractivity contribution in [3.05, 3.63) is 77.9 Å². The molecule has 2 aromatic rings. The number of carbonyl (C=O) groups excluding carboxylic acids is 2. The summed E-state index contributed by atoms with van der Waals surface area (Å²) in [6, 6.07) is 19.5. The maximum atomic E-state index is 13.5. The highest BCUT2D eigenvalue weighted by atomic mass is 16.6. The monoisotopic (exact) mass is 401 g/mol. The number of nitrogens with one attached hydrogen (secondary N) is 1. The molecule has 1 saturated carbocycles. The van der Waals surface area contributed by atoms with Crippen molar-refractivity contribution in [2.24, 2.45) is 23.2 Å². The van der Waals surface area contributed by atoms with Gasteiger partial charge in [0, 0.05) is 17.5 Å². The molecule has 2 aromatic carbocycles. The topological polar surface area (TPSA) is 55.4 Å². The van der Waals surface area contributed by atoms with Crippen LogP contribution in [-0.4, -0.2) is 18.0 Å². The zero-order chi connectivity index (χ0) is 20.9. The average Bonchev–Trinajstić information content (AvgIpc) is 3.04. The summed E-state index contributed by atoms with van der Waals surface area (Å²) in [5.41, 5.74) is 3.18. The molecule has 1 aliphatic heterocycles. The smallest absolute Gasteiger partial charge is 0.310 e. The van der Waals surface area contributed by atoms with Crippen molar-refractivity contribution < 1.29 is 14.3 Å². The Hall–Kier alpha value is -2.88. The predicted octanol–water partition coefficient (Wildman–Crippen LogP) is 4.94. The predicted molar refractivity (Wildman–Crippen MR) is 116 cm³/mol. The average molecular weight is 402 g/mol. The summed E-state index contributed by atoms with van der Waals surface area (Å²) >= 11 is 0. The van der Waals surface area contributed by atoms with E-state index in [1.807, 2.05) is 48.5 Å². The molecule has 1 saturated heterocycles. The number of hydrogen-bond acceptors (Lipinski definition) is 3. The first-order chi connectivity index (χ1) is 14.4. The summed E-state index contributed by atoms with van der Waals surface area (Å²) in [6.07, 6.45) is 3.93. The quantitative estimate of drug-likeness (QED) is 0.585. The summed E-state index contributed by atoms with van der Waals surface area (Å²) in [5.74, 6) is -1.39. The van der Waals surface area contributed by atoms with Gasteiger partial charge in [0.15, 0.2) is 0 Å². The van der Waals surface area contributed by atoms with Gasteiger partial charge in [-0.1, -0.05) is 74.0 Å². The molecular formula is C26H27NO3. The van der Waals surface area contributed by atoms with Gasteiger partial charge < -0.3 is 10.1 Å².